The van der Waals surface area contributed by atoms with Crippen LogP contribution in [0.5, 0.6) is 11.5 Å². The number of carbonyl (C=O) groups excluding carboxylic acids is 1. The van der Waals surface area contributed by atoms with Crippen molar-refractivity contribution < 1.29 is 19.0 Å². The molecule has 178 valence electrons. The molecule has 33 heavy (non-hydrogen) atoms. The minimum Gasteiger partial charge on any atom is -0.493 e. The first-order chi connectivity index (χ1) is 16.1. The Morgan fingerprint density at radius 2 is 1.94 bits per heavy atom. The van der Waals surface area contributed by atoms with Crippen LogP contribution in [0.2, 0.25) is 0 Å². The van der Waals surface area contributed by atoms with Crippen LogP contribution in [0.15, 0.2) is 29.6 Å². The molecule has 0 aliphatic heterocycles. The summed E-state index contributed by atoms with van der Waals surface area (Å²) in [6.07, 6.45) is 1.99. The largest absolute Gasteiger partial charge is 0.493 e. The van der Waals surface area contributed by atoms with Crippen LogP contribution in [0.1, 0.15) is 12.5 Å². The molecular weight excluding hydrogens is 444 g/mol. The number of fused-ring (bicyclic) bond motifs is 1. The van der Waals surface area contributed by atoms with Gasteiger partial charge in [0.25, 0.3) is 0 Å². The molecule has 0 saturated heterocycles. The number of rotatable bonds is 13. The smallest absolute Gasteiger partial charge is 0.224 e. The molecule has 0 radical (unpaired) electrons. The molecule has 0 saturated carbocycles. The molecule has 3 rings (SSSR count). The molecule has 11 heteroatoms. The number of thioether (sulfide) groups is 1. The first kappa shape index (κ1) is 24.6. The molecule has 0 atom stereocenters. The molecular formula is C22H30N6O4S. The van der Waals surface area contributed by atoms with Crippen molar-refractivity contribution in [2.75, 3.05) is 52.1 Å². The van der Waals surface area contributed by atoms with Gasteiger partial charge in [-0.25, -0.2) is 14.6 Å². The van der Waals surface area contributed by atoms with Crippen LogP contribution in [-0.4, -0.2) is 72.4 Å². The third kappa shape index (κ3) is 6.48. The predicted octanol–water partition coefficient (Wildman–Crippen LogP) is 2.37. The Morgan fingerprint density at radius 3 is 2.67 bits per heavy atom. The lowest BCUT2D eigenvalue weighted by Gasteiger charge is -2.11. The summed E-state index contributed by atoms with van der Waals surface area (Å²) >= 11 is 1.57. The third-order valence-electron chi connectivity index (χ3n) is 4.81. The fraction of sp³-hybridized carbons (Fsp3) is 0.455. The number of ether oxygens (including phenoxy) is 3. The molecule has 0 spiro atoms. The molecule has 0 aliphatic carbocycles. The monoisotopic (exact) mass is 474 g/mol. The number of benzene rings is 1. The normalized spacial score (nSPS) is 10.9. The molecule has 1 aromatic carbocycles. The summed E-state index contributed by atoms with van der Waals surface area (Å²) in [6.45, 7) is 4.18. The average molecular weight is 475 g/mol. The van der Waals surface area contributed by atoms with Crippen LogP contribution in [0.4, 0.5) is 5.82 Å². The maximum atomic E-state index is 12.4. The Morgan fingerprint density at radius 1 is 1.12 bits per heavy atom. The fourth-order valence-corrected chi connectivity index (χ4v) is 3.80. The highest BCUT2D eigenvalue weighted by atomic mass is 32.2. The van der Waals surface area contributed by atoms with Gasteiger partial charge in [0.15, 0.2) is 22.3 Å². The van der Waals surface area contributed by atoms with E-state index < -0.39 is 0 Å². The first-order valence-corrected chi connectivity index (χ1v) is 11.6. The van der Waals surface area contributed by atoms with E-state index in [4.69, 9.17) is 14.2 Å². The van der Waals surface area contributed by atoms with Crippen LogP contribution in [0.3, 0.4) is 0 Å². The number of hydrogen-bond acceptors (Lipinski definition) is 9. The van der Waals surface area contributed by atoms with Crippen molar-refractivity contribution in [2.45, 2.75) is 25.0 Å². The van der Waals surface area contributed by atoms with E-state index in [1.54, 1.807) is 56.1 Å². The second-order valence-electron chi connectivity index (χ2n) is 7.03. The van der Waals surface area contributed by atoms with Gasteiger partial charge in [-0.1, -0.05) is 24.8 Å². The average Bonchev–Trinajstić information content (AvgIpc) is 3.22. The summed E-state index contributed by atoms with van der Waals surface area (Å²) in [5.74, 6) is 2.74. The molecule has 0 aliphatic rings. The van der Waals surface area contributed by atoms with Gasteiger partial charge in [-0.05, 0) is 23.4 Å². The van der Waals surface area contributed by atoms with E-state index in [1.165, 1.54) is 0 Å². The third-order valence-corrected chi connectivity index (χ3v) is 5.54. The van der Waals surface area contributed by atoms with E-state index >= 15 is 0 Å². The van der Waals surface area contributed by atoms with Crippen molar-refractivity contribution in [3.8, 4) is 11.5 Å². The summed E-state index contributed by atoms with van der Waals surface area (Å²) < 4.78 is 17.4. The summed E-state index contributed by atoms with van der Waals surface area (Å²) in [7, 11) is 4.81. The number of amides is 1. The quantitative estimate of drug-likeness (QED) is 0.219. The lowest BCUT2D eigenvalue weighted by atomic mass is 10.1. The number of anilines is 1. The molecule has 2 N–H and O–H groups in total. The number of hydrogen-bond donors (Lipinski definition) is 2. The van der Waals surface area contributed by atoms with Crippen LogP contribution < -0.4 is 20.1 Å². The highest BCUT2D eigenvalue weighted by molar-refractivity contribution is 7.99. The topological polar surface area (TPSA) is 112 Å². The Balaban J connectivity index is 1.64. The maximum absolute atomic E-state index is 12.4. The zero-order chi connectivity index (χ0) is 23.6. The number of nitrogens with zero attached hydrogens (tertiary/aromatic N) is 4. The summed E-state index contributed by atoms with van der Waals surface area (Å²) in [5, 5.41) is 12.2. The number of aromatic nitrogens is 4. The van der Waals surface area contributed by atoms with Crippen molar-refractivity contribution in [1.82, 2.24) is 25.1 Å². The Bertz CT molecular complexity index is 1070. The zero-order valence-corrected chi connectivity index (χ0v) is 20.2. The van der Waals surface area contributed by atoms with Gasteiger partial charge in [0.2, 0.25) is 5.91 Å². The van der Waals surface area contributed by atoms with Crippen molar-refractivity contribution in [1.29, 1.82) is 0 Å². The van der Waals surface area contributed by atoms with Gasteiger partial charge in [-0.3, -0.25) is 4.79 Å². The van der Waals surface area contributed by atoms with E-state index in [1.807, 2.05) is 6.07 Å². The Kier molecular flexibility index (Phi) is 9.14. The van der Waals surface area contributed by atoms with E-state index in [0.717, 1.165) is 28.2 Å². The Labute approximate surface area is 197 Å². The molecule has 2 heterocycles. The minimum atomic E-state index is -0.0857. The summed E-state index contributed by atoms with van der Waals surface area (Å²) in [6, 6.07) is 5.45. The van der Waals surface area contributed by atoms with Gasteiger partial charge in [0.05, 0.1) is 45.4 Å². The maximum Gasteiger partial charge on any atom is 0.224 e. The minimum absolute atomic E-state index is 0.0857. The second-order valence-corrected chi connectivity index (χ2v) is 8.26. The van der Waals surface area contributed by atoms with E-state index in [2.05, 4.69) is 32.6 Å². The first-order valence-electron chi connectivity index (χ1n) is 10.7. The highest BCUT2D eigenvalue weighted by Gasteiger charge is 2.14. The molecule has 2 aromatic heterocycles. The van der Waals surface area contributed by atoms with Crippen molar-refractivity contribution in [3.05, 3.63) is 30.0 Å². The zero-order valence-electron chi connectivity index (χ0n) is 19.4. The van der Waals surface area contributed by atoms with Crippen molar-refractivity contribution >= 4 is 34.5 Å². The van der Waals surface area contributed by atoms with Gasteiger partial charge >= 0.3 is 0 Å². The van der Waals surface area contributed by atoms with Crippen molar-refractivity contribution in [3.63, 3.8) is 0 Å². The lowest BCUT2D eigenvalue weighted by Crippen LogP contribution is -2.29. The summed E-state index contributed by atoms with van der Waals surface area (Å²) in [4.78, 5) is 21.7. The number of methoxy groups -OCH3 is 3. The highest BCUT2D eigenvalue weighted by Crippen LogP contribution is 2.27. The lowest BCUT2D eigenvalue weighted by molar-refractivity contribution is -0.120. The van der Waals surface area contributed by atoms with Crippen LogP contribution in [-0.2, 0) is 22.5 Å². The van der Waals surface area contributed by atoms with E-state index in [0.29, 0.717) is 42.9 Å². The van der Waals surface area contributed by atoms with Gasteiger partial charge in [0.1, 0.15) is 5.82 Å². The van der Waals surface area contributed by atoms with E-state index in [-0.39, 0.29) is 12.3 Å². The number of carbonyl (C=O) groups is 1. The SMILES string of the molecule is CCSc1nc(NCCOC)c2cnn(CCNC(=O)Cc3ccc(OC)c(OC)c3)c2n1. The van der Waals surface area contributed by atoms with E-state index in [9.17, 15) is 4.79 Å². The molecule has 3 aromatic rings. The predicted molar refractivity (Wildman–Crippen MR) is 128 cm³/mol. The van der Waals surface area contributed by atoms with Crippen LogP contribution in [0, 0.1) is 0 Å². The fourth-order valence-electron chi connectivity index (χ4n) is 3.24. The molecule has 1 amide bonds. The Hall–Kier alpha value is -3.05. The van der Waals surface area contributed by atoms with Gasteiger partial charge in [-0.2, -0.15) is 5.10 Å². The molecule has 10 nitrogen and oxygen atoms in total. The number of nitrogens with one attached hydrogen (secondary N) is 2. The van der Waals surface area contributed by atoms with Gasteiger partial charge in [0, 0.05) is 20.2 Å². The van der Waals surface area contributed by atoms with Crippen LogP contribution >= 0.6 is 11.8 Å². The molecule has 0 fully saturated rings. The van der Waals surface area contributed by atoms with Crippen LogP contribution in [0.25, 0.3) is 11.0 Å². The molecule has 0 unspecified atom stereocenters. The van der Waals surface area contributed by atoms with Gasteiger partial charge in [-0.15, -0.1) is 0 Å². The molecule has 0 bridgehead atoms. The summed E-state index contributed by atoms with van der Waals surface area (Å²) in [5.41, 5.74) is 1.57. The van der Waals surface area contributed by atoms with Gasteiger partial charge < -0.3 is 24.8 Å². The van der Waals surface area contributed by atoms with Crippen molar-refractivity contribution in [2.24, 2.45) is 0 Å². The second kappa shape index (κ2) is 12.3. The standard InChI is InChI=1S/C22H30N6O4S/c1-5-33-22-26-20(24-9-11-30-2)16-14-25-28(21(16)27-22)10-8-23-19(29)13-15-6-7-17(31-3)18(12-15)32-4/h6-7,12,14H,5,8-11,13H2,1-4H3,(H,23,29)(H,24,26,27).